The second kappa shape index (κ2) is 55.2. The number of fused-ring (bicyclic) bond motifs is 3. The molecule has 10 rings (SSSR count). The van der Waals surface area contributed by atoms with Crippen LogP contribution in [-0.2, 0) is 122 Å². The van der Waals surface area contributed by atoms with Gasteiger partial charge in [-0.25, -0.2) is 4.98 Å². The van der Waals surface area contributed by atoms with Gasteiger partial charge in [-0.1, -0.05) is 103 Å². The van der Waals surface area contributed by atoms with Gasteiger partial charge < -0.3 is 131 Å². The van der Waals surface area contributed by atoms with E-state index in [1.165, 1.54) is 30.5 Å². The predicted molar refractivity (Wildman–Crippen MR) is 539 cm³/mol. The molecule has 7 heterocycles. The monoisotopic (exact) mass is 2100 g/mol. The van der Waals surface area contributed by atoms with Crippen molar-refractivity contribution in [1.82, 2.24) is 113 Å². The van der Waals surface area contributed by atoms with E-state index >= 15 is 38.4 Å². The Bertz CT molecular complexity index is 5880. The van der Waals surface area contributed by atoms with E-state index in [2.05, 4.69) is 88.7 Å². The molecule has 3 aliphatic heterocycles. The molecule has 50 nitrogen and oxygen atoms in total. The van der Waals surface area contributed by atoms with Crippen LogP contribution in [0.3, 0.4) is 0 Å². The summed E-state index contributed by atoms with van der Waals surface area (Å²) in [6, 6.07) is -1.12. The van der Waals surface area contributed by atoms with Crippen LogP contribution in [0.2, 0.25) is 0 Å². The number of imidazole rings is 1. The van der Waals surface area contributed by atoms with Gasteiger partial charge in [0.05, 0.1) is 63.6 Å². The van der Waals surface area contributed by atoms with Crippen molar-refractivity contribution >= 4 is 173 Å². The first-order valence-electron chi connectivity index (χ1n) is 48.5. The number of aliphatic carboxylic acids is 4. The summed E-state index contributed by atoms with van der Waals surface area (Å²) < 4.78 is 0. The van der Waals surface area contributed by atoms with Gasteiger partial charge in [0.2, 0.25) is 94.5 Å². The summed E-state index contributed by atoms with van der Waals surface area (Å²) in [5.41, 5.74) is 19.7. The first-order valence-corrected chi connectivity index (χ1v) is 51.0. The molecular weight excluding hydrogens is 1970 g/mol. The molecule has 148 heavy (non-hydrogen) atoms. The van der Waals surface area contributed by atoms with Crippen LogP contribution in [0.4, 0.5) is 0 Å². The second-order valence-corrected chi connectivity index (χ2v) is 40.1. The lowest BCUT2D eigenvalue weighted by molar-refractivity contribution is -0.145. The number of nitrogens with two attached hydrogens (primary N) is 3. The summed E-state index contributed by atoms with van der Waals surface area (Å²) in [6.45, 7) is 8.05. The van der Waals surface area contributed by atoms with Crippen molar-refractivity contribution in [2.75, 3.05) is 96.6 Å². The van der Waals surface area contributed by atoms with E-state index in [0.29, 0.717) is 83.8 Å². The number of carbonyl (C=O) groups is 20. The molecule has 0 radical (unpaired) electrons. The minimum Gasteiger partial charge on any atom is -0.481 e. The number of carboxylic acid groups (broad SMARTS) is 4. The Morgan fingerprint density at radius 2 is 0.939 bits per heavy atom. The molecule has 3 aliphatic rings. The molecule has 3 aromatic carbocycles. The lowest BCUT2D eigenvalue weighted by Crippen LogP contribution is -2.63. The third-order valence-corrected chi connectivity index (χ3v) is 28.3. The Morgan fingerprint density at radius 3 is 1.43 bits per heavy atom. The van der Waals surface area contributed by atoms with Crippen LogP contribution in [0.5, 0.6) is 0 Å². The topological polar surface area (TPSA) is 757 Å². The Morgan fingerprint density at radius 1 is 0.486 bits per heavy atom. The number of aromatic amines is 4. The van der Waals surface area contributed by atoms with Crippen molar-refractivity contribution in [2.45, 2.75) is 209 Å². The third-order valence-electron chi connectivity index (χ3n) is 25.9. The molecule has 0 aliphatic carbocycles. The molecule has 7 aromatic rings. The maximum atomic E-state index is 15.7. The molecule has 3 fully saturated rings. The molecule has 0 spiro atoms. The second-order valence-electron chi connectivity index (χ2n) is 37.6. The van der Waals surface area contributed by atoms with Crippen molar-refractivity contribution in [3.05, 3.63) is 126 Å². The van der Waals surface area contributed by atoms with Crippen LogP contribution in [0.1, 0.15) is 121 Å². The lowest BCUT2D eigenvalue weighted by Gasteiger charge is -2.37. The van der Waals surface area contributed by atoms with Crippen LogP contribution < -0.4 is 81.0 Å². The van der Waals surface area contributed by atoms with Gasteiger partial charge >= 0.3 is 23.9 Å². The Balaban J connectivity index is 0.925. The van der Waals surface area contributed by atoms with E-state index in [4.69, 9.17) is 17.2 Å². The molecule has 27 N–H and O–H groups in total. The number of amides is 16. The number of rotatable bonds is 42. The van der Waals surface area contributed by atoms with Crippen LogP contribution >= 0.6 is 21.6 Å². The number of hydrogen-bond acceptors (Lipinski definition) is 28. The van der Waals surface area contributed by atoms with Gasteiger partial charge in [-0.3, -0.25) is 115 Å². The molecule has 802 valence electrons. The van der Waals surface area contributed by atoms with E-state index < -0.39 is 252 Å². The average Bonchev–Trinajstić information content (AvgIpc) is 1.62. The number of nitrogens with zero attached hydrogens (tertiary/aromatic N) is 6. The zero-order valence-electron chi connectivity index (χ0n) is 82.5. The van der Waals surface area contributed by atoms with Gasteiger partial charge in [-0.2, -0.15) is 0 Å². The Kier molecular flexibility index (Phi) is 43.0. The van der Waals surface area contributed by atoms with Gasteiger partial charge in [0.25, 0.3) is 0 Å². The zero-order chi connectivity index (χ0) is 108. The van der Waals surface area contributed by atoms with Crippen molar-refractivity contribution in [2.24, 2.45) is 23.1 Å². The van der Waals surface area contributed by atoms with Gasteiger partial charge in [0, 0.05) is 166 Å². The minimum absolute atomic E-state index is 0.0668. The first-order chi connectivity index (χ1) is 70.4. The SMILES string of the molecule is CC[C@H](C)[C@H](NC(=O)[C@@H](NC(=O)[C@H](Cc1c[nH]c2ccccc12)NC(=O)CCCCCNC(=O)CN1CCN(CC(=O)O)CCN(CC(=O)O)CCN(CC(=O)O)CC1)[C@@H](C)O)C(=O)N[C@H]1CSSC[C@@H](C(=O)N[C@@H](Cc2c[nH]c3ccccc23)C(=O)N2[C@H](C(N)=O)CCC2(C)C)NC(=O)[C@H](CC(=O)O)NC(=O)[C@H](Cc2c[nH]cn2)NC(=O)[C@H](Cc2c[nH]c3ccccc23)NC(=O)[C@H](CC(N)=O)NC(=O)[C@H](CC(N)=O)NC1=O. The first kappa shape index (κ1) is 115. The van der Waals surface area contributed by atoms with Crippen LogP contribution in [-0.4, -0.2) is 374 Å². The Hall–Kier alpha value is -14.6. The number of para-hydroxylation sites is 3. The van der Waals surface area contributed by atoms with Crippen molar-refractivity contribution in [1.29, 1.82) is 0 Å². The number of aliphatic hydroxyl groups excluding tert-OH is 1. The number of carbonyl (C=O) groups excluding carboxylic acids is 16. The summed E-state index contributed by atoms with van der Waals surface area (Å²) in [4.78, 5) is 307. The molecule has 14 atom stereocenters. The molecule has 52 heteroatoms. The lowest BCUT2D eigenvalue weighted by atomic mass is 9.97. The predicted octanol–water partition coefficient (Wildman–Crippen LogP) is -4.09. The highest BCUT2D eigenvalue weighted by Gasteiger charge is 2.49. The number of aliphatic hydroxyl groups is 1. The largest absolute Gasteiger partial charge is 0.481 e. The fraction of sp³-hybridized carbons (Fsp3) is 0.510. The number of carboxylic acids is 4. The summed E-state index contributed by atoms with van der Waals surface area (Å²) in [5.74, 6) is -24.8. The molecule has 4 aromatic heterocycles. The normalized spacial score (nSPS) is 21.1. The number of H-pyrrole nitrogens is 4. The number of hydrogen-bond donors (Lipinski definition) is 24. The molecule has 0 saturated carbocycles. The van der Waals surface area contributed by atoms with Crippen LogP contribution in [0.15, 0.2) is 104 Å². The number of unbranched alkanes of at least 4 members (excludes halogenated alkanes) is 2. The highest BCUT2D eigenvalue weighted by atomic mass is 33.1. The molecule has 0 unspecified atom stereocenters. The maximum absolute atomic E-state index is 15.7. The van der Waals surface area contributed by atoms with Gasteiger partial charge in [0.1, 0.15) is 72.5 Å². The molecule has 16 amide bonds. The number of primary amides is 3. The van der Waals surface area contributed by atoms with Crippen molar-refractivity contribution < 1.29 is 121 Å². The molecular formula is C96H131N25O25S2. The highest BCUT2D eigenvalue weighted by molar-refractivity contribution is 8.76. The highest BCUT2D eigenvalue weighted by Crippen LogP contribution is 2.36. The van der Waals surface area contributed by atoms with Gasteiger partial charge in [-0.15, -0.1) is 0 Å². The summed E-state index contributed by atoms with van der Waals surface area (Å²) in [7, 11) is 1.37. The fourth-order valence-electron chi connectivity index (χ4n) is 17.8. The average molecular weight is 2100 g/mol. The number of benzene rings is 3. The molecule has 0 bridgehead atoms. The van der Waals surface area contributed by atoms with Crippen molar-refractivity contribution in [3.63, 3.8) is 0 Å². The van der Waals surface area contributed by atoms with Crippen LogP contribution in [0, 0.1) is 5.92 Å². The summed E-state index contributed by atoms with van der Waals surface area (Å²) in [5, 5.41) is 83.6. The van der Waals surface area contributed by atoms with E-state index in [1.807, 2.05) is 0 Å². The smallest absolute Gasteiger partial charge is 0.317 e. The molecule has 3 saturated heterocycles. The number of aromatic nitrogens is 5. The quantitative estimate of drug-likeness (QED) is 0.0128. The fourth-order valence-corrected chi connectivity index (χ4v) is 20.1. The zero-order valence-corrected chi connectivity index (χ0v) is 84.2. The number of nitrogens with one attached hydrogen (secondary N) is 16. The van der Waals surface area contributed by atoms with E-state index in [0.717, 1.165) is 6.92 Å². The van der Waals surface area contributed by atoms with E-state index in [1.54, 1.807) is 126 Å². The summed E-state index contributed by atoms with van der Waals surface area (Å²) in [6.07, 6.45) is 2.02. The number of likely N-dealkylation sites (tertiary alicyclic amines) is 1. The van der Waals surface area contributed by atoms with Crippen molar-refractivity contribution in [3.8, 4) is 0 Å². The third kappa shape index (κ3) is 34.5. The van der Waals surface area contributed by atoms with Gasteiger partial charge in [0.15, 0.2) is 0 Å². The summed E-state index contributed by atoms with van der Waals surface area (Å²) >= 11 is 0. The minimum atomic E-state index is -2.15. The maximum Gasteiger partial charge on any atom is 0.317 e. The standard InChI is InChI=1S/C96H131N25O25S2/c1-6-52(2)82(115-94(145)83(53(3)122)116-90(141)64(34-54-41-102-61-19-12-9-16-58(54)61)106-76(125)22-8-7-15-25-101-77(126)45-117-26-28-118(46-79(129)130)30-32-120(48-81(133)134)33-31-119(29-27-117)47-80(131)132)93(144)114-72-50-148-147-49-71(92(143)112-70(36-56-43-104-63-21-14-11-18-60(56)63)95(146)121-73(84(99)135)23-24-96(121,4)5)113-89(140)69(40-78(127)128)111-86(137)66(37-57-44-100-51-105-57)108-85(136)65(35-55-42-103-62-20-13-10-17-59(55)62)107-87(138)67(38-74(97)123)109-88(139)68(39-75(98)124)110-91(72)142/h9-14,16-21,41-44,51-53,64-73,82-83,102-104,122H,6-8,15,22-40,45-50H2,1-5H3,(H2,97,123)(H2,98,124)(H2,99,135)(H,100,105)(H,101,126)(H,106,125)(H,107,138)(H,108,136)(H,109,139)(H,110,142)(H,111,137)(H,112,143)(H,113,140)(H,114,144)(H,115,145)(H,116,141)(H,127,128)(H,129,130)(H,131,132)(H,133,134)/t52-,53+,64-,65-,66-,67-,68-,69-,70-,71-,72-,73-,82-,83-/m0/s1. The van der Waals surface area contributed by atoms with Crippen LogP contribution in [0.25, 0.3) is 32.7 Å². The van der Waals surface area contributed by atoms with E-state index in [9.17, 15) is 83.1 Å². The van der Waals surface area contributed by atoms with Gasteiger partial charge in [-0.05, 0) is 87.3 Å². The Labute approximate surface area is 857 Å². The van der Waals surface area contributed by atoms with E-state index in [-0.39, 0.29) is 136 Å².